The lowest BCUT2D eigenvalue weighted by atomic mass is 10.0. The Morgan fingerprint density at radius 2 is 2.27 bits per heavy atom. The van der Waals surface area contributed by atoms with E-state index in [0.717, 1.165) is 18.4 Å². The van der Waals surface area contributed by atoms with Crippen LogP contribution in [0.5, 0.6) is 0 Å². The van der Waals surface area contributed by atoms with E-state index in [1.807, 2.05) is 6.08 Å². The first kappa shape index (κ1) is 10.1. The Kier molecular flexibility index (Phi) is 5.35. The van der Waals surface area contributed by atoms with Crippen molar-refractivity contribution in [1.82, 2.24) is 0 Å². The van der Waals surface area contributed by atoms with E-state index in [0.29, 0.717) is 5.70 Å². The highest BCUT2D eigenvalue weighted by atomic mass is 14.6. The van der Waals surface area contributed by atoms with E-state index in [1.165, 1.54) is 5.98 Å². The highest BCUT2D eigenvalue weighted by molar-refractivity contribution is 6.17. The number of hydrogen-bond donors (Lipinski definition) is 1. The number of nitrogens with two attached hydrogens (primary N) is 1. The Morgan fingerprint density at radius 3 is 2.64 bits per heavy atom. The summed E-state index contributed by atoms with van der Waals surface area (Å²) >= 11 is 0. The molecule has 0 aliphatic rings. The van der Waals surface area contributed by atoms with E-state index in [-0.39, 0.29) is 0 Å². The van der Waals surface area contributed by atoms with Crippen molar-refractivity contribution in [2.24, 2.45) is 5.73 Å². The summed E-state index contributed by atoms with van der Waals surface area (Å²) < 4.78 is 0. The molecule has 0 rings (SSSR count). The van der Waals surface area contributed by atoms with Crippen LogP contribution in [0.2, 0.25) is 0 Å². The van der Waals surface area contributed by atoms with Crippen LogP contribution in [-0.4, -0.2) is 7.85 Å². The maximum atomic E-state index is 5.64. The van der Waals surface area contributed by atoms with Crippen LogP contribution in [0.25, 0.3) is 0 Å². The van der Waals surface area contributed by atoms with Gasteiger partial charge in [0.25, 0.3) is 0 Å². The van der Waals surface area contributed by atoms with E-state index in [2.05, 4.69) is 13.5 Å². The quantitative estimate of drug-likeness (QED) is 0.476. The van der Waals surface area contributed by atoms with Crippen LogP contribution in [0.3, 0.4) is 0 Å². The molecule has 0 aromatic rings. The van der Waals surface area contributed by atoms with Crippen LogP contribution in [0, 0.1) is 0 Å². The van der Waals surface area contributed by atoms with Gasteiger partial charge in [-0.05, 0) is 18.1 Å². The lowest BCUT2D eigenvalue weighted by Crippen LogP contribution is -1.97. The molecular formula is C9H14BN. The Labute approximate surface area is 70.1 Å². The molecule has 1 nitrogen and oxygen atoms in total. The molecule has 0 unspecified atom stereocenters. The molecule has 0 aromatic heterocycles. The van der Waals surface area contributed by atoms with Gasteiger partial charge in [0, 0.05) is 5.70 Å². The first-order valence-electron chi connectivity index (χ1n) is 3.75. The second-order valence-corrected chi connectivity index (χ2v) is 2.29. The minimum Gasteiger partial charge on any atom is -0.399 e. The highest BCUT2D eigenvalue weighted by Gasteiger charge is 1.93. The van der Waals surface area contributed by atoms with Gasteiger partial charge in [-0.2, -0.15) is 0 Å². The SMILES string of the molecule is [B]/C=C/C(CCC)=C(/N)C=C. The maximum absolute atomic E-state index is 5.64. The highest BCUT2D eigenvalue weighted by Crippen LogP contribution is 2.09. The van der Waals surface area contributed by atoms with Gasteiger partial charge in [0.05, 0.1) is 0 Å². The first-order valence-corrected chi connectivity index (χ1v) is 3.75. The van der Waals surface area contributed by atoms with Crippen molar-refractivity contribution < 1.29 is 0 Å². The van der Waals surface area contributed by atoms with Crippen LogP contribution < -0.4 is 5.73 Å². The van der Waals surface area contributed by atoms with Gasteiger partial charge in [0.1, 0.15) is 7.85 Å². The van der Waals surface area contributed by atoms with Crippen molar-refractivity contribution in [2.45, 2.75) is 19.8 Å². The van der Waals surface area contributed by atoms with Crippen LogP contribution in [0.1, 0.15) is 19.8 Å². The summed E-state index contributed by atoms with van der Waals surface area (Å²) in [7, 11) is 5.25. The van der Waals surface area contributed by atoms with Gasteiger partial charge in [-0.15, -0.1) is 5.98 Å². The topological polar surface area (TPSA) is 26.0 Å². The number of hydrogen-bond acceptors (Lipinski definition) is 1. The van der Waals surface area contributed by atoms with Crippen molar-refractivity contribution in [3.05, 3.63) is 36.0 Å². The monoisotopic (exact) mass is 147 g/mol. The first-order chi connectivity index (χ1) is 5.26. The van der Waals surface area contributed by atoms with E-state index in [1.54, 1.807) is 6.08 Å². The molecule has 0 aliphatic heterocycles. The minimum atomic E-state index is 0.716. The summed E-state index contributed by atoms with van der Waals surface area (Å²) in [6.07, 6.45) is 5.48. The van der Waals surface area contributed by atoms with Gasteiger partial charge in [-0.1, -0.05) is 26.0 Å². The molecule has 0 atom stereocenters. The zero-order valence-electron chi connectivity index (χ0n) is 7.01. The average molecular weight is 147 g/mol. The van der Waals surface area contributed by atoms with Gasteiger partial charge in [0.2, 0.25) is 0 Å². The third-order valence-corrected chi connectivity index (χ3v) is 1.41. The second kappa shape index (κ2) is 5.84. The summed E-state index contributed by atoms with van der Waals surface area (Å²) in [5.41, 5.74) is 7.42. The van der Waals surface area contributed by atoms with Crippen molar-refractivity contribution in [1.29, 1.82) is 0 Å². The Balaban J connectivity index is 4.42. The molecule has 0 fully saturated rings. The fourth-order valence-electron chi connectivity index (χ4n) is 0.840. The summed E-state index contributed by atoms with van der Waals surface area (Å²) in [6.45, 7) is 5.69. The molecule has 0 heterocycles. The lowest BCUT2D eigenvalue weighted by molar-refractivity contribution is 0.915. The fraction of sp³-hybridized carbons (Fsp3) is 0.333. The third-order valence-electron chi connectivity index (χ3n) is 1.41. The van der Waals surface area contributed by atoms with Gasteiger partial charge in [-0.25, -0.2) is 0 Å². The Morgan fingerprint density at radius 1 is 1.64 bits per heavy atom. The predicted octanol–water partition coefficient (Wildman–Crippen LogP) is 1.87. The Bertz CT molecular complexity index is 180. The molecule has 0 aromatic carbocycles. The molecule has 0 bridgehead atoms. The molecule has 0 saturated carbocycles. The van der Waals surface area contributed by atoms with Crippen molar-refractivity contribution in [2.75, 3.05) is 0 Å². The predicted molar refractivity (Wildman–Crippen MR) is 51.2 cm³/mol. The lowest BCUT2D eigenvalue weighted by Gasteiger charge is -2.01. The molecule has 0 spiro atoms. The Hall–Kier alpha value is -0.915. The van der Waals surface area contributed by atoms with Crippen LogP contribution in [-0.2, 0) is 0 Å². The summed E-state index contributed by atoms with van der Waals surface area (Å²) in [4.78, 5) is 0. The number of allylic oxidation sites excluding steroid dienone is 3. The third kappa shape index (κ3) is 3.71. The fourth-order valence-corrected chi connectivity index (χ4v) is 0.840. The van der Waals surface area contributed by atoms with Gasteiger partial charge >= 0.3 is 0 Å². The van der Waals surface area contributed by atoms with Gasteiger partial charge < -0.3 is 5.73 Å². The van der Waals surface area contributed by atoms with Crippen LogP contribution in [0.15, 0.2) is 36.0 Å². The molecule has 0 saturated heterocycles. The van der Waals surface area contributed by atoms with Gasteiger partial charge in [0.15, 0.2) is 0 Å². The summed E-state index contributed by atoms with van der Waals surface area (Å²) in [5.74, 6) is 1.50. The zero-order valence-corrected chi connectivity index (χ0v) is 7.01. The van der Waals surface area contributed by atoms with E-state index in [9.17, 15) is 0 Å². The maximum Gasteiger partial charge on any atom is 0.102 e. The number of rotatable bonds is 4. The van der Waals surface area contributed by atoms with Gasteiger partial charge in [-0.3, -0.25) is 0 Å². The second-order valence-electron chi connectivity index (χ2n) is 2.29. The standard InChI is InChI=1S/C9H14BN/c1-3-5-8(6-7-10)9(11)4-2/h4,6-7H,2-3,5,11H2,1H3/b7-6+,9-8+. The smallest absolute Gasteiger partial charge is 0.102 e. The van der Waals surface area contributed by atoms with Crippen molar-refractivity contribution >= 4 is 7.85 Å². The largest absolute Gasteiger partial charge is 0.399 e. The minimum absolute atomic E-state index is 0.716. The van der Waals surface area contributed by atoms with Crippen molar-refractivity contribution in [3.8, 4) is 0 Å². The zero-order chi connectivity index (χ0) is 8.69. The molecule has 2 N–H and O–H groups in total. The van der Waals surface area contributed by atoms with Crippen LogP contribution in [0.4, 0.5) is 0 Å². The molecule has 11 heavy (non-hydrogen) atoms. The van der Waals surface area contributed by atoms with E-state index < -0.39 is 0 Å². The van der Waals surface area contributed by atoms with Crippen molar-refractivity contribution in [3.63, 3.8) is 0 Å². The molecule has 0 aliphatic carbocycles. The molecule has 58 valence electrons. The summed E-state index contributed by atoms with van der Waals surface area (Å²) in [6, 6.07) is 0. The summed E-state index contributed by atoms with van der Waals surface area (Å²) in [5, 5.41) is 0. The van der Waals surface area contributed by atoms with E-state index in [4.69, 9.17) is 13.6 Å². The molecule has 2 radical (unpaired) electrons. The molecule has 0 amide bonds. The van der Waals surface area contributed by atoms with E-state index >= 15 is 0 Å². The molecular weight excluding hydrogens is 133 g/mol. The molecule has 2 heteroatoms. The average Bonchev–Trinajstić information content (AvgIpc) is 2.03. The van der Waals surface area contributed by atoms with Crippen LogP contribution >= 0.6 is 0 Å². The normalized spacial score (nSPS) is 13.2.